The maximum atomic E-state index is 6.14. The molecule has 0 saturated carbocycles. The molecule has 2 aliphatic rings. The molecule has 98 valence electrons. The predicted molar refractivity (Wildman–Crippen MR) is 72.5 cm³/mol. The van der Waals surface area contributed by atoms with Crippen molar-refractivity contribution in [3.8, 4) is 5.75 Å². The number of hydrogen-bond donors (Lipinski definition) is 2. The number of anilines is 3. The Bertz CT molecular complexity index is 444. The number of nitrogen functional groups attached to an aromatic ring is 1. The molecule has 0 aliphatic carbocycles. The van der Waals surface area contributed by atoms with E-state index in [2.05, 4.69) is 17.1 Å². The van der Waals surface area contributed by atoms with Gasteiger partial charge >= 0.3 is 0 Å². The number of benzene rings is 1. The van der Waals surface area contributed by atoms with Crippen LogP contribution in [0.2, 0.25) is 0 Å². The van der Waals surface area contributed by atoms with Crippen molar-refractivity contribution in [2.45, 2.75) is 13.0 Å². The standard InChI is InChI=1S/C13H19N3O2/c1-9-8-18-13-7-12(10(14)6-11(13)15-9)16-2-4-17-5-3-16/h6-7,9,15H,2-5,8,14H2,1H3. The number of hydrogen-bond acceptors (Lipinski definition) is 5. The molecular formula is C13H19N3O2. The second-order valence-corrected chi connectivity index (χ2v) is 4.86. The van der Waals surface area contributed by atoms with E-state index in [0.717, 1.165) is 49.1 Å². The maximum Gasteiger partial charge on any atom is 0.144 e. The molecule has 5 nitrogen and oxygen atoms in total. The Morgan fingerprint density at radius 3 is 2.89 bits per heavy atom. The van der Waals surface area contributed by atoms with Gasteiger partial charge in [-0.25, -0.2) is 0 Å². The van der Waals surface area contributed by atoms with Crippen molar-refractivity contribution < 1.29 is 9.47 Å². The molecule has 0 spiro atoms. The van der Waals surface area contributed by atoms with Crippen molar-refractivity contribution in [2.75, 3.05) is 48.9 Å². The molecule has 1 fully saturated rings. The van der Waals surface area contributed by atoms with Crippen LogP contribution < -0.4 is 20.7 Å². The summed E-state index contributed by atoms with van der Waals surface area (Å²) in [6, 6.07) is 4.33. The zero-order chi connectivity index (χ0) is 12.5. The Morgan fingerprint density at radius 1 is 1.33 bits per heavy atom. The molecule has 2 heterocycles. The first-order valence-electron chi connectivity index (χ1n) is 6.39. The Kier molecular flexibility index (Phi) is 2.91. The first-order valence-corrected chi connectivity index (χ1v) is 6.39. The monoisotopic (exact) mass is 249 g/mol. The SMILES string of the molecule is CC1COc2cc(N3CCOCC3)c(N)cc2N1. The molecular weight excluding hydrogens is 230 g/mol. The van der Waals surface area contributed by atoms with E-state index >= 15 is 0 Å². The van der Waals surface area contributed by atoms with Crippen LogP contribution in [0.5, 0.6) is 5.75 Å². The van der Waals surface area contributed by atoms with Gasteiger partial charge in [-0.05, 0) is 13.0 Å². The lowest BCUT2D eigenvalue weighted by Gasteiger charge is -2.32. The third-order valence-electron chi connectivity index (χ3n) is 3.37. The fraction of sp³-hybridized carbons (Fsp3) is 0.538. The van der Waals surface area contributed by atoms with Crippen molar-refractivity contribution in [1.82, 2.24) is 0 Å². The normalized spacial score (nSPS) is 22.9. The molecule has 1 unspecified atom stereocenters. The van der Waals surface area contributed by atoms with Gasteiger partial charge in [0.05, 0.1) is 36.3 Å². The minimum Gasteiger partial charge on any atom is -0.489 e. The Morgan fingerprint density at radius 2 is 2.11 bits per heavy atom. The summed E-state index contributed by atoms with van der Waals surface area (Å²) in [7, 11) is 0. The molecule has 1 aromatic rings. The van der Waals surface area contributed by atoms with Crippen molar-refractivity contribution in [1.29, 1.82) is 0 Å². The lowest BCUT2D eigenvalue weighted by atomic mass is 10.1. The molecule has 1 saturated heterocycles. The summed E-state index contributed by atoms with van der Waals surface area (Å²) in [5, 5.41) is 3.38. The second kappa shape index (κ2) is 4.57. The first kappa shape index (κ1) is 11.5. The number of morpholine rings is 1. The van der Waals surface area contributed by atoms with E-state index < -0.39 is 0 Å². The van der Waals surface area contributed by atoms with Crippen molar-refractivity contribution >= 4 is 17.1 Å². The van der Waals surface area contributed by atoms with Crippen LogP contribution in [0.4, 0.5) is 17.1 Å². The molecule has 3 rings (SSSR count). The highest BCUT2D eigenvalue weighted by Crippen LogP contribution is 2.37. The third-order valence-corrected chi connectivity index (χ3v) is 3.37. The van der Waals surface area contributed by atoms with E-state index in [9.17, 15) is 0 Å². The summed E-state index contributed by atoms with van der Waals surface area (Å²) in [5.41, 5.74) is 8.97. The van der Waals surface area contributed by atoms with Crippen LogP contribution in [0.3, 0.4) is 0 Å². The topological polar surface area (TPSA) is 59.8 Å². The summed E-state index contributed by atoms with van der Waals surface area (Å²) in [4.78, 5) is 2.25. The molecule has 0 aromatic heterocycles. The van der Waals surface area contributed by atoms with Crippen LogP contribution in [-0.4, -0.2) is 39.0 Å². The molecule has 1 atom stereocenters. The number of ether oxygens (including phenoxy) is 2. The number of nitrogens with one attached hydrogen (secondary N) is 1. The van der Waals surface area contributed by atoms with Crippen molar-refractivity contribution in [2.24, 2.45) is 0 Å². The van der Waals surface area contributed by atoms with Crippen LogP contribution >= 0.6 is 0 Å². The number of nitrogens with zero attached hydrogens (tertiary/aromatic N) is 1. The fourth-order valence-corrected chi connectivity index (χ4v) is 2.42. The number of fused-ring (bicyclic) bond motifs is 1. The molecule has 0 bridgehead atoms. The zero-order valence-corrected chi connectivity index (χ0v) is 10.6. The van der Waals surface area contributed by atoms with Gasteiger partial charge in [-0.3, -0.25) is 0 Å². The van der Waals surface area contributed by atoms with Gasteiger partial charge in [0.1, 0.15) is 12.4 Å². The van der Waals surface area contributed by atoms with Gasteiger partial charge in [0.25, 0.3) is 0 Å². The third kappa shape index (κ3) is 2.06. The maximum absolute atomic E-state index is 6.14. The lowest BCUT2D eigenvalue weighted by Crippen LogP contribution is -2.37. The number of nitrogens with two attached hydrogens (primary N) is 1. The van der Waals surface area contributed by atoms with E-state index in [0.29, 0.717) is 12.6 Å². The van der Waals surface area contributed by atoms with Crippen LogP contribution in [0.1, 0.15) is 6.92 Å². The zero-order valence-electron chi connectivity index (χ0n) is 10.6. The van der Waals surface area contributed by atoms with Gasteiger partial charge in [0.15, 0.2) is 0 Å². The van der Waals surface area contributed by atoms with Crippen LogP contribution in [0.15, 0.2) is 12.1 Å². The highest BCUT2D eigenvalue weighted by molar-refractivity contribution is 5.78. The second-order valence-electron chi connectivity index (χ2n) is 4.86. The Hall–Kier alpha value is -1.62. The van der Waals surface area contributed by atoms with Gasteiger partial charge in [0, 0.05) is 19.2 Å². The van der Waals surface area contributed by atoms with Crippen LogP contribution in [0, 0.1) is 0 Å². The predicted octanol–water partition coefficient (Wildman–Crippen LogP) is 1.30. The van der Waals surface area contributed by atoms with Gasteiger partial charge in [-0.2, -0.15) is 0 Å². The Labute approximate surface area is 107 Å². The average Bonchev–Trinajstić information content (AvgIpc) is 2.39. The summed E-state index contributed by atoms with van der Waals surface area (Å²) >= 11 is 0. The molecule has 18 heavy (non-hydrogen) atoms. The summed E-state index contributed by atoms with van der Waals surface area (Å²) in [6.07, 6.45) is 0. The average molecular weight is 249 g/mol. The van der Waals surface area contributed by atoms with Gasteiger partial charge in [-0.15, -0.1) is 0 Å². The van der Waals surface area contributed by atoms with Crippen LogP contribution in [-0.2, 0) is 4.74 Å². The quantitative estimate of drug-likeness (QED) is 0.735. The van der Waals surface area contributed by atoms with Crippen LogP contribution in [0.25, 0.3) is 0 Å². The smallest absolute Gasteiger partial charge is 0.144 e. The summed E-state index contributed by atoms with van der Waals surface area (Å²) in [5.74, 6) is 0.892. The largest absolute Gasteiger partial charge is 0.489 e. The highest BCUT2D eigenvalue weighted by atomic mass is 16.5. The van der Waals surface area contributed by atoms with E-state index in [1.165, 1.54) is 0 Å². The minimum atomic E-state index is 0.325. The molecule has 1 aromatic carbocycles. The summed E-state index contributed by atoms with van der Waals surface area (Å²) in [6.45, 7) is 6.06. The molecule has 3 N–H and O–H groups in total. The lowest BCUT2D eigenvalue weighted by molar-refractivity contribution is 0.122. The van der Waals surface area contributed by atoms with Crippen molar-refractivity contribution in [3.05, 3.63) is 12.1 Å². The van der Waals surface area contributed by atoms with E-state index in [1.54, 1.807) is 0 Å². The van der Waals surface area contributed by atoms with E-state index in [4.69, 9.17) is 15.2 Å². The van der Waals surface area contributed by atoms with E-state index in [1.807, 2.05) is 12.1 Å². The Balaban J connectivity index is 1.91. The highest BCUT2D eigenvalue weighted by Gasteiger charge is 2.20. The summed E-state index contributed by atoms with van der Waals surface area (Å²) < 4.78 is 11.1. The fourth-order valence-electron chi connectivity index (χ4n) is 2.42. The van der Waals surface area contributed by atoms with Gasteiger partial charge in [-0.1, -0.05) is 0 Å². The van der Waals surface area contributed by atoms with Gasteiger partial charge in [0.2, 0.25) is 0 Å². The molecule has 0 radical (unpaired) electrons. The van der Waals surface area contributed by atoms with Gasteiger partial charge < -0.3 is 25.4 Å². The first-order chi connectivity index (χ1) is 8.74. The molecule has 5 heteroatoms. The van der Waals surface area contributed by atoms with E-state index in [-0.39, 0.29) is 0 Å². The van der Waals surface area contributed by atoms with Crippen molar-refractivity contribution in [3.63, 3.8) is 0 Å². The minimum absolute atomic E-state index is 0.325. The number of rotatable bonds is 1. The molecule has 0 amide bonds. The molecule has 2 aliphatic heterocycles.